The third kappa shape index (κ3) is 4.67. The molecule has 0 aromatic heterocycles. The summed E-state index contributed by atoms with van der Waals surface area (Å²) in [5.74, 6) is 2.45. The Balaban J connectivity index is 2.63. The molecule has 2 aromatic carbocycles. The zero-order chi connectivity index (χ0) is 21.0. The molecule has 0 unspecified atom stereocenters. The quantitative estimate of drug-likeness (QED) is 0.502. The van der Waals surface area contributed by atoms with Crippen LogP contribution in [-0.4, -0.2) is 20.2 Å². The number of rotatable bonds is 7. The van der Waals surface area contributed by atoms with Gasteiger partial charge in [-0.3, -0.25) is 0 Å². The molecular weight excluding hydrogens is 352 g/mol. The molecule has 0 spiro atoms. The molecule has 0 fully saturated rings. The van der Waals surface area contributed by atoms with Crippen molar-refractivity contribution >= 4 is 5.97 Å². The van der Waals surface area contributed by atoms with Gasteiger partial charge in [0.15, 0.2) is 0 Å². The first kappa shape index (κ1) is 21.8. The molecular formula is C24H32O4. The number of ether oxygens (including phenoxy) is 3. The fourth-order valence-corrected chi connectivity index (χ4v) is 3.16. The number of hydrogen-bond acceptors (Lipinski definition) is 4. The second kappa shape index (κ2) is 9.13. The van der Waals surface area contributed by atoms with Crippen molar-refractivity contribution in [1.82, 2.24) is 0 Å². The van der Waals surface area contributed by atoms with E-state index in [4.69, 9.17) is 14.2 Å². The lowest BCUT2D eigenvalue weighted by molar-refractivity contribution is 0.0597. The zero-order valence-electron chi connectivity index (χ0n) is 18.3. The maximum absolute atomic E-state index is 12.5. The Morgan fingerprint density at radius 3 is 1.96 bits per heavy atom. The summed E-state index contributed by atoms with van der Waals surface area (Å²) in [5, 5.41) is 0. The summed E-state index contributed by atoms with van der Waals surface area (Å²) in [6.45, 7) is 12.6. The second-order valence-electron chi connectivity index (χ2n) is 7.95. The standard InChI is InChI=1S/C24H32O4/c1-14(2)17-11-20(16(5)6)23(21(12-17)24(25)27-8)28-18-9-10-22(26-7)19(13-18)15(3)4/h9-16H,1-8H3. The molecule has 0 heterocycles. The molecule has 0 aliphatic heterocycles. The monoisotopic (exact) mass is 384 g/mol. The van der Waals surface area contributed by atoms with Crippen molar-refractivity contribution < 1.29 is 19.0 Å². The first-order valence-electron chi connectivity index (χ1n) is 9.81. The summed E-state index contributed by atoms with van der Waals surface area (Å²) in [4.78, 5) is 12.5. The molecule has 2 aromatic rings. The van der Waals surface area contributed by atoms with Crippen molar-refractivity contribution in [1.29, 1.82) is 0 Å². The highest BCUT2D eigenvalue weighted by Crippen LogP contribution is 2.39. The minimum atomic E-state index is -0.392. The Morgan fingerprint density at radius 1 is 0.821 bits per heavy atom. The van der Waals surface area contributed by atoms with E-state index < -0.39 is 5.97 Å². The van der Waals surface area contributed by atoms with Crippen LogP contribution >= 0.6 is 0 Å². The largest absolute Gasteiger partial charge is 0.496 e. The molecule has 0 radical (unpaired) electrons. The predicted octanol–water partition coefficient (Wildman–Crippen LogP) is 6.64. The highest BCUT2D eigenvalue weighted by molar-refractivity contribution is 5.93. The number of benzene rings is 2. The molecule has 0 N–H and O–H groups in total. The Hall–Kier alpha value is -2.49. The van der Waals surface area contributed by atoms with E-state index in [-0.39, 0.29) is 11.8 Å². The molecule has 28 heavy (non-hydrogen) atoms. The highest BCUT2D eigenvalue weighted by Gasteiger charge is 2.22. The maximum Gasteiger partial charge on any atom is 0.341 e. The van der Waals surface area contributed by atoms with E-state index in [2.05, 4.69) is 47.6 Å². The molecule has 152 valence electrons. The lowest BCUT2D eigenvalue weighted by atomic mass is 9.91. The average Bonchev–Trinajstić information content (AvgIpc) is 2.66. The molecule has 4 heteroatoms. The number of esters is 1. The van der Waals surface area contributed by atoms with Gasteiger partial charge in [-0.2, -0.15) is 0 Å². The van der Waals surface area contributed by atoms with E-state index in [0.29, 0.717) is 23.0 Å². The topological polar surface area (TPSA) is 44.8 Å². The molecule has 0 aliphatic rings. The highest BCUT2D eigenvalue weighted by atomic mass is 16.5. The molecule has 0 saturated heterocycles. The smallest absolute Gasteiger partial charge is 0.341 e. The summed E-state index contributed by atoms with van der Waals surface area (Å²) in [5.41, 5.74) is 3.60. The normalized spacial score (nSPS) is 11.2. The van der Waals surface area contributed by atoms with E-state index >= 15 is 0 Å². The van der Waals surface area contributed by atoms with Crippen LogP contribution in [0.2, 0.25) is 0 Å². The van der Waals surface area contributed by atoms with E-state index in [1.165, 1.54) is 7.11 Å². The SMILES string of the molecule is COC(=O)c1cc(C(C)C)cc(C(C)C)c1Oc1ccc(OC)c(C(C)C)c1. The summed E-state index contributed by atoms with van der Waals surface area (Å²) < 4.78 is 16.8. The van der Waals surface area contributed by atoms with Gasteiger partial charge in [0, 0.05) is 5.56 Å². The van der Waals surface area contributed by atoms with Crippen LogP contribution in [0.25, 0.3) is 0 Å². The Kier molecular flexibility index (Phi) is 7.11. The van der Waals surface area contributed by atoms with Gasteiger partial charge in [0.25, 0.3) is 0 Å². The first-order chi connectivity index (χ1) is 13.2. The zero-order valence-corrected chi connectivity index (χ0v) is 18.3. The summed E-state index contributed by atoms with van der Waals surface area (Å²) >= 11 is 0. The van der Waals surface area contributed by atoms with Crippen LogP contribution < -0.4 is 9.47 Å². The van der Waals surface area contributed by atoms with Gasteiger partial charge in [0.05, 0.1) is 14.2 Å². The molecule has 0 saturated carbocycles. The van der Waals surface area contributed by atoms with Gasteiger partial charge in [-0.25, -0.2) is 4.79 Å². The van der Waals surface area contributed by atoms with Crippen molar-refractivity contribution in [3.8, 4) is 17.2 Å². The molecule has 2 rings (SSSR count). The van der Waals surface area contributed by atoms with Gasteiger partial charge in [-0.05, 0) is 53.1 Å². The Labute approximate surface area is 168 Å². The Morgan fingerprint density at radius 2 is 1.46 bits per heavy atom. The Bertz CT molecular complexity index is 835. The summed E-state index contributed by atoms with van der Waals surface area (Å²) in [7, 11) is 3.06. The number of carbonyl (C=O) groups excluding carboxylic acids is 1. The lowest BCUT2D eigenvalue weighted by Crippen LogP contribution is -2.09. The van der Waals surface area contributed by atoms with Crippen molar-refractivity contribution in [3.05, 3.63) is 52.6 Å². The minimum Gasteiger partial charge on any atom is -0.496 e. The lowest BCUT2D eigenvalue weighted by Gasteiger charge is -2.21. The van der Waals surface area contributed by atoms with E-state index in [0.717, 1.165) is 22.4 Å². The second-order valence-corrected chi connectivity index (χ2v) is 7.95. The van der Waals surface area contributed by atoms with Crippen LogP contribution in [0.4, 0.5) is 0 Å². The van der Waals surface area contributed by atoms with Crippen LogP contribution in [0, 0.1) is 0 Å². The van der Waals surface area contributed by atoms with Crippen LogP contribution in [0.3, 0.4) is 0 Å². The van der Waals surface area contributed by atoms with Gasteiger partial charge in [-0.15, -0.1) is 0 Å². The minimum absolute atomic E-state index is 0.194. The van der Waals surface area contributed by atoms with Gasteiger partial charge in [0.2, 0.25) is 0 Å². The summed E-state index contributed by atoms with van der Waals surface area (Å²) in [6, 6.07) is 9.76. The van der Waals surface area contributed by atoms with Gasteiger partial charge in [-0.1, -0.05) is 47.6 Å². The van der Waals surface area contributed by atoms with Crippen LogP contribution in [0.5, 0.6) is 17.2 Å². The van der Waals surface area contributed by atoms with Crippen LogP contribution in [0.15, 0.2) is 30.3 Å². The van der Waals surface area contributed by atoms with Crippen molar-refractivity contribution in [2.24, 2.45) is 0 Å². The maximum atomic E-state index is 12.5. The number of hydrogen-bond donors (Lipinski definition) is 0. The van der Waals surface area contributed by atoms with Gasteiger partial charge in [0.1, 0.15) is 22.8 Å². The number of methoxy groups -OCH3 is 2. The van der Waals surface area contributed by atoms with Gasteiger partial charge >= 0.3 is 5.97 Å². The fourth-order valence-electron chi connectivity index (χ4n) is 3.16. The fraction of sp³-hybridized carbons (Fsp3) is 0.458. The van der Waals surface area contributed by atoms with E-state index in [1.807, 2.05) is 24.3 Å². The van der Waals surface area contributed by atoms with E-state index in [9.17, 15) is 4.79 Å². The third-order valence-corrected chi connectivity index (χ3v) is 4.88. The average molecular weight is 385 g/mol. The molecule has 0 aliphatic carbocycles. The van der Waals surface area contributed by atoms with Crippen LogP contribution in [0.1, 0.15) is 86.3 Å². The predicted molar refractivity (Wildman–Crippen MR) is 113 cm³/mol. The molecule has 0 amide bonds. The molecule has 0 bridgehead atoms. The number of carbonyl (C=O) groups is 1. The van der Waals surface area contributed by atoms with Crippen molar-refractivity contribution in [2.75, 3.05) is 14.2 Å². The van der Waals surface area contributed by atoms with Crippen molar-refractivity contribution in [2.45, 2.75) is 59.3 Å². The summed E-state index contributed by atoms with van der Waals surface area (Å²) in [6.07, 6.45) is 0. The van der Waals surface area contributed by atoms with Crippen molar-refractivity contribution in [3.63, 3.8) is 0 Å². The first-order valence-corrected chi connectivity index (χ1v) is 9.81. The van der Waals surface area contributed by atoms with E-state index in [1.54, 1.807) is 7.11 Å². The van der Waals surface area contributed by atoms with Crippen LogP contribution in [-0.2, 0) is 4.74 Å². The molecule has 4 nitrogen and oxygen atoms in total. The third-order valence-electron chi connectivity index (χ3n) is 4.88. The van der Waals surface area contributed by atoms with Gasteiger partial charge < -0.3 is 14.2 Å². The molecule has 0 atom stereocenters.